The zero-order chi connectivity index (χ0) is 18.4. The summed E-state index contributed by atoms with van der Waals surface area (Å²) in [6.07, 6.45) is -0.154. The van der Waals surface area contributed by atoms with Gasteiger partial charge in [-0.2, -0.15) is 0 Å². The molecule has 2 rings (SSSR count). The van der Waals surface area contributed by atoms with Gasteiger partial charge in [0.15, 0.2) is 0 Å². The first kappa shape index (κ1) is 17.9. The Kier molecular flexibility index (Phi) is 5.67. The minimum atomic E-state index is -1.26. The predicted octanol–water partition coefficient (Wildman–Crippen LogP) is 2.03. The SMILES string of the molecule is COc1ccc([N+](=O)[O-])cc1C[C@H](NC(=O)c1ccccc1)C(=O)O. The standard InChI is InChI=1S/C17H16N2O6/c1-25-15-8-7-13(19(23)24)9-12(15)10-14(17(21)22)18-16(20)11-5-3-2-4-6-11/h2-9,14H,10H2,1H3,(H,18,20)(H,21,22)/t14-/m0/s1. The highest BCUT2D eigenvalue weighted by Crippen LogP contribution is 2.25. The molecule has 0 spiro atoms. The van der Waals surface area contributed by atoms with E-state index in [2.05, 4.69) is 5.32 Å². The topological polar surface area (TPSA) is 119 Å². The van der Waals surface area contributed by atoms with E-state index in [1.165, 1.54) is 25.3 Å². The van der Waals surface area contributed by atoms with Crippen LogP contribution in [0, 0.1) is 10.1 Å². The molecular formula is C17H16N2O6. The highest BCUT2D eigenvalue weighted by atomic mass is 16.6. The summed E-state index contributed by atoms with van der Waals surface area (Å²) in [7, 11) is 1.38. The van der Waals surface area contributed by atoms with Crippen LogP contribution in [0.15, 0.2) is 48.5 Å². The monoisotopic (exact) mass is 344 g/mol. The summed E-state index contributed by atoms with van der Waals surface area (Å²) >= 11 is 0. The van der Waals surface area contributed by atoms with E-state index in [0.29, 0.717) is 16.9 Å². The van der Waals surface area contributed by atoms with Crippen LogP contribution in [-0.4, -0.2) is 35.1 Å². The fraction of sp³-hybridized carbons (Fsp3) is 0.176. The number of carbonyl (C=O) groups is 2. The van der Waals surface area contributed by atoms with Crippen LogP contribution in [0.3, 0.4) is 0 Å². The maximum absolute atomic E-state index is 12.2. The van der Waals surface area contributed by atoms with Crippen LogP contribution in [0.25, 0.3) is 0 Å². The number of hydrogen-bond acceptors (Lipinski definition) is 5. The van der Waals surface area contributed by atoms with Crippen LogP contribution in [0.1, 0.15) is 15.9 Å². The summed E-state index contributed by atoms with van der Waals surface area (Å²) in [5, 5.41) is 22.7. The summed E-state index contributed by atoms with van der Waals surface area (Å²) in [6, 6.07) is 10.8. The van der Waals surface area contributed by atoms with Crippen molar-refractivity contribution < 1.29 is 24.4 Å². The minimum absolute atomic E-state index is 0.154. The molecule has 0 aliphatic heterocycles. The first-order valence-electron chi connectivity index (χ1n) is 7.32. The lowest BCUT2D eigenvalue weighted by molar-refractivity contribution is -0.384. The lowest BCUT2D eigenvalue weighted by Crippen LogP contribution is -2.42. The molecule has 0 radical (unpaired) electrons. The van der Waals surface area contributed by atoms with Crippen molar-refractivity contribution in [3.8, 4) is 5.75 Å². The number of benzene rings is 2. The minimum Gasteiger partial charge on any atom is -0.496 e. The summed E-state index contributed by atoms with van der Waals surface area (Å²) in [5.74, 6) is -1.49. The molecule has 1 amide bonds. The molecule has 0 bridgehead atoms. The zero-order valence-electron chi connectivity index (χ0n) is 13.3. The van der Waals surface area contributed by atoms with E-state index in [1.54, 1.807) is 30.3 Å². The van der Waals surface area contributed by atoms with Crippen molar-refractivity contribution in [3.63, 3.8) is 0 Å². The third-order valence-corrected chi connectivity index (χ3v) is 3.54. The smallest absolute Gasteiger partial charge is 0.326 e. The van der Waals surface area contributed by atoms with Crippen molar-refractivity contribution in [1.82, 2.24) is 5.32 Å². The number of carboxylic acid groups (broad SMARTS) is 1. The number of amides is 1. The molecule has 2 N–H and O–H groups in total. The Bertz CT molecular complexity index is 791. The Morgan fingerprint density at radius 2 is 1.92 bits per heavy atom. The van der Waals surface area contributed by atoms with Crippen molar-refractivity contribution in [1.29, 1.82) is 0 Å². The van der Waals surface area contributed by atoms with Crippen LogP contribution < -0.4 is 10.1 Å². The molecule has 0 unspecified atom stereocenters. The molecule has 0 saturated heterocycles. The molecule has 130 valence electrons. The molecule has 8 heteroatoms. The normalized spacial score (nSPS) is 11.4. The molecule has 0 fully saturated rings. The van der Waals surface area contributed by atoms with E-state index in [1.807, 2.05) is 0 Å². The highest BCUT2D eigenvalue weighted by molar-refractivity contribution is 5.96. The zero-order valence-corrected chi connectivity index (χ0v) is 13.3. The molecule has 25 heavy (non-hydrogen) atoms. The lowest BCUT2D eigenvalue weighted by Gasteiger charge is -2.16. The molecule has 1 atom stereocenters. The average Bonchev–Trinajstić information content (AvgIpc) is 2.61. The number of carboxylic acids is 1. The second-order valence-corrected chi connectivity index (χ2v) is 5.19. The molecule has 2 aromatic rings. The van der Waals surface area contributed by atoms with Gasteiger partial charge in [-0.25, -0.2) is 4.79 Å². The van der Waals surface area contributed by atoms with Crippen molar-refractivity contribution in [2.24, 2.45) is 0 Å². The van der Waals surface area contributed by atoms with Gasteiger partial charge in [-0.05, 0) is 18.2 Å². The van der Waals surface area contributed by atoms with Crippen molar-refractivity contribution in [2.75, 3.05) is 7.11 Å². The average molecular weight is 344 g/mol. The van der Waals surface area contributed by atoms with E-state index < -0.39 is 22.8 Å². The summed E-state index contributed by atoms with van der Waals surface area (Å²) in [4.78, 5) is 34.0. The third kappa shape index (κ3) is 4.54. The quantitative estimate of drug-likeness (QED) is 0.586. The van der Waals surface area contributed by atoms with Crippen molar-refractivity contribution >= 4 is 17.6 Å². The molecule has 0 aliphatic carbocycles. The number of nitrogens with one attached hydrogen (secondary N) is 1. The van der Waals surface area contributed by atoms with Gasteiger partial charge in [0, 0.05) is 29.7 Å². The van der Waals surface area contributed by atoms with Crippen LogP contribution in [-0.2, 0) is 11.2 Å². The summed E-state index contributed by atoms with van der Waals surface area (Å²) < 4.78 is 5.12. The summed E-state index contributed by atoms with van der Waals surface area (Å²) in [5.41, 5.74) is 0.451. The molecule has 0 aliphatic rings. The van der Waals surface area contributed by atoms with Crippen LogP contribution in [0.5, 0.6) is 5.75 Å². The van der Waals surface area contributed by atoms with Gasteiger partial charge < -0.3 is 15.2 Å². The van der Waals surface area contributed by atoms with Gasteiger partial charge in [0.05, 0.1) is 12.0 Å². The highest BCUT2D eigenvalue weighted by Gasteiger charge is 2.24. The van der Waals surface area contributed by atoms with Crippen LogP contribution >= 0.6 is 0 Å². The Labute approximate surface area is 143 Å². The second-order valence-electron chi connectivity index (χ2n) is 5.19. The van der Waals surface area contributed by atoms with Gasteiger partial charge in [-0.1, -0.05) is 18.2 Å². The van der Waals surface area contributed by atoms with Crippen molar-refractivity contribution in [2.45, 2.75) is 12.5 Å². The van der Waals surface area contributed by atoms with Gasteiger partial charge in [0.1, 0.15) is 11.8 Å². The Hall–Kier alpha value is -3.42. The second kappa shape index (κ2) is 7.91. The fourth-order valence-electron chi connectivity index (χ4n) is 2.29. The number of hydrogen-bond donors (Lipinski definition) is 2. The van der Waals surface area contributed by atoms with E-state index in [0.717, 1.165) is 0 Å². The molecule has 0 heterocycles. The number of aliphatic carboxylic acids is 1. The molecule has 0 saturated carbocycles. The molecular weight excluding hydrogens is 328 g/mol. The fourth-order valence-corrected chi connectivity index (χ4v) is 2.29. The number of methoxy groups -OCH3 is 1. The first-order valence-corrected chi connectivity index (χ1v) is 7.32. The Balaban J connectivity index is 2.24. The van der Waals surface area contributed by atoms with Crippen LogP contribution in [0.4, 0.5) is 5.69 Å². The predicted molar refractivity (Wildman–Crippen MR) is 88.7 cm³/mol. The van der Waals surface area contributed by atoms with E-state index >= 15 is 0 Å². The number of rotatable bonds is 7. The number of non-ortho nitro benzene ring substituents is 1. The van der Waals surface area contributed by atoms with E-state index in [4.69, 9.17) is 4.74 Å². The Morgan fingerprint density at radius 1 is 1.24 bits per heavy atom. The molecule has 2 aromatic carbocycles. The summed E-state index contributed by atoms with van der Waals surface area (Å²) in [6.45, 7) is 0. The number of carbonyl (C=O) groups excluding carboxylic acids is 1. The number of nitrogens with zero attached hydrogens (tertiary/aromatic N) is 1. The molecule has 0 aromatic heterocycles. The number of nitro groups is 1. The number of ether oxygens (including phenoxy) is 1. The maximum atomic E-state index is 12.2. The van der Waals surface area contributed by atoms with Gasteiger partial charge in [-0.3, -0.25) is 14.9 Å². The van der Waals surface area contributed by atoms with Crippen LogP contribution in [0.2, 0.25) is 0 Å². The van der Waals surface area contributed by atoms with E-state index in [-0.39, 0.29) is 12.1 Å². The van der Waals surface area contributed by atoms with Gasteiger partial charge in [-0.15, -0.1) is 0 Å². The lowest BCUT2D eigenvalue weighted by atomic mass is 10.0. The maximum Gasteiger partial charge on any atom is 0.326 e. The first-order chi connectivity index (χ1) is 11.9. The van der Waals surface area contributed by atoms with Crippen molar-refractivity contribution in [3.05, 3.63) is 69.8 Å². The van der Waals surface area contributed by atoms with Gasteiger partial charge in [0.2, 0.25) is 0 Å². The third-order valence-electron chi connectivity index (χ3n) is 3.54. The van der Waals surface area contributed by atoms with Gasteiger partial charge in [0.25, 0.3) is 11.6 Å². The largest absolute Gasteiger partial charge is 0.496 e. The molecule has 8 nitrogen and oxygen atoms in total. The van der Waals surface area contributed by atoms with E-state index in [9.17, 15) is 24.8 Å². The Morgan fingerprint density at radius 3 is 2.48 bits per heavy atom. The number of nitro benzene ring substituents is 1. The van der Waals surface area contributed by atoms with Gasteiger partial charge >= 0.3 is 5.97 Å².